The zero-order valence-electron chi connectivity index (χ0n) is 14.1. The minimum Gasteiger partial charge on any atom is -0.497 e. The summed E-state index contributed by atoms with van der Waals surface area (Å²) in [4.78, 5) is 0.263. The van der Waals surface area contributed by atoms with Crippen LogP contribution in [0.2, 0.25) is 0 Å². The van der Waals surface area contributed by atoms with E-state index < -0.39 is 10.0 Å². The third-order valence-electron chi connectivity index (χ3n) is 4.86. The van der Waals surface area contributed by atoms with Crippen LogP contribution in [0.1, 0.15) is 49.3 Å². The molecule has 1 saturated heterocycles. The predicted molar refractivity (Wildman–Crippen MR) is 90.0 cm³/mol. The van der Waals surface area contributed by atoms with Gasteiger partial charge in [-0.15, -0.1) is 10.2 Å². The molecule has 2 fully saturated rings. The number of piperidine rings is 1. The number of sulfonamides is 1. The highest BCUT2D eigenvalue weighted by molar-refractivity contribution is 7.89. The highest BCUT2D eigenvalue weighted by Gasteiger charge is 2.34. The molecule has 1 saturated carbocycles. The lowest BCUT2D eigenvalue weighted by atomic mass is 9.98. The second-order valence-electron chi connectivity index (χ2n) is 6.61. The lowest BCUT2D eigenvalue weighted by Crippen LogP contribution is -2.37. The Morgan fingerprint density at radius 2 is 1.72 bits per heavy atom. The van der Waals surface area contributed by atoms with E-state index in [9.17, 15) is 8.42 Å². The van der Waals surface area contributed by atoms with Crippen molar-refractivity contribution >= 4 is 10.0 Å². The summed E-state index contributed by atoms with van der Waals surface area (Å²) in [5.41, 5.74) is 0. The summed E-state index contributed by atoms with van der Waals surface area (Å²) in [6, 6.07) is 6.58. The van der Waals surface area contributed by atoms with Crippen molar-refractivity contribution in [3.8, 4) is 5.75 Å². The van der Waals surface area contributed by atoms with Crippen LogP contribution in [0.15, 0.2) is 33.6 Å². The highest BCUT2D eigenvalue weighted by atomic mass is 32.2. The molecule has 2 aliphatic rings. The van der Waals surface area contributed by atoms with E-state index in [1.807, 2.05) is 0 Å². The molecule has 4 rings (SSSR count). The van der Waals surface area contributed by atoms with Crippen LogP contribution in [0.25, 0.3) is 0 Å². The molecule has 134 valence electrons. The van der Waals surface area contributed by atoms with Gasteiger partial charge in [-0.1, -0.05) is 6.07 Å². The van der Waals surface area contributed by atoms with Gasteiger partial charge in [-0.3, -0.25) is 0 Å². The second kappa shape index (κ2) is 6.42. The minimum atomic E-state index is -3.51. The largest absolute Gasteiger partial charge is 0.497 e. The topological polar surface area (TPSA) is 85.5 Å². The van der Waals surface area contributed by atoms with Crippen LogP contribution in [0.5, 0.6) is 5.75 Å². The predicted octanol–water partition coefficient (Wildman–Crippen LogP) is 2.52. The van der Waals surface area contributed by atoms with E-state index in [4.69, 9.17) is 9.15 Å². The Morgan fingerprint density at radius 3 is 2.32 bits per heavy atom. The Hall–Kier alpha value is -1.93. The van der Waals surface area contributed by atoms with Gasteiger partial charge in [0.1, 0.15) is 5.75 Å². The first-order valence-corrected chi connectivity index (χ1v) is 9.99. The van der Waals surface area contributed by atoms with Crippen molar-refractivity contribution in [3.05, 3.63) is 36.0 Å². The Morgan fingerprint density at radius 1 is 1.08 bits per heavy atom. The first-order chi connectivity index (χ1) is 12.1. The van der Waals surface area contributed by atoms with Crippen molar-refractivity contribution in [1.29, 1.82) is 0 Å². The fourth-order valence-corrected chi connectivity index (χ4v) is 4.67. The van der Waals surface area contributed by atoms with Crippen LogP contribution in [0.4, 0.5) is 0 Å². The van der Waals surface area contributed by atoms with Crippen LogP contribution in [-0.4, -0.2) is 43.1 Å². The molecule has 1 aliphatic carbocycles. The molecular weight excluding hydrogens is 342 g/mol. The monoisotopic (exact) mass is 363 g/mol. The lowest BCUT2D eigenvalue weighted by molar-refractivity contribution is 0.286. The lowest BCUT2D eigenvalue weighted by Gasteiger charge is -2.29. The van der Waals surface area contributed by atoms with Gasteiger partial charge in [0.15, 0.2) is 0 Å². The zero-order chi connectivity index (χ0) is 17.4. The van der Waals surface area contributed by atoms with E-state index in [1.165, 1.54) is 11.4 Å². The van der Waals surface area contributed by atoms with Gasteiger partial charge in [0, 0.05) is 31.0 Å². The van der Waals surface area contributed by atoms with Crippen molar-refractivity contribution in [3.63, 3.8) is 0 Å². The normalized spacial score (nSPS) is 19.9. The number of aromatic nitrogens is 2. The third kappa shape index (κ3) is 3.28. The van der Waals surface area contributed by atoms with E-state index in [2.05, 4.69) is 10.2 Å². The van der Waals surface area contributed by atoms with E-state index in [0.717, 1.165) is 18.7 Å². The number of rotatable bonds is 5. The van der Waals surface area contributed by atoms with Crippen LogP contribution in [0, 0.1) is 0 Å². The van der Waals surface area contributed by atoms with Gasteiger partial charge in [-0.05, 0) is 37.8 Å². The fourth-order valence-electron chi connectivity index (χ4n) is 3.16. The summed E-state index contributed by atoms with van der Waals surface area (Å²) in [5.74, 6) is 2.50. The fraction of sp³-hybridized carbons (Fsp3) is 0.529. The Bertz CT molecular complexity index is 852. The average molecular weight is 363 g/mol. The molecule has 0 radical (unpaired) electrons. The molecule has 25 heavy (non-hydrogen) atoms. The molecule has 2 aromatic rings. The number of hydrogen-bond acceptors (Lipinski definition) is 6. The van der Waals surface area contributed by atoms with Gasteiger partial charge in [0.25, 0.3) is 0 Å². The van der Waals surface area contributed by atoms with Crippen molar-refractivity contribution < 1.29 is 17.6 Å². The number of hydrogen-bond donors (Lipinski definition) is 0. The molecule has 2 heterocycles. The first kappa shape index (κ1) is 16.5. The van der Waals surface area contributed by atoms with Gasteiger partial charge >= 0.3 is 0 Å². The van der Waals surface area contributed by atoms with Crippen LogP contribution in [0.3, 0.4) is 0 Å². The Labute approximate surface area is 147 Å². The first-order valence-electron chi connectivity index (χ1n) is 8.55. The van der Waals surface area contributed by atoms with Gasteiger partial charge in [0.2, 0.25) is 21.8 Å². The summed E-state index contributed by atoms with van der Waals surface area (Å²) in [6.45, 7) is 0.900. The van der Waals surface area contributed by atoms with Gasteiger partial charge in [-0.25, -0.2) is 8.42 Å². The molecule has 0 N–H and O–H groups in total. The maximum absolute atomic E-state index is 12.8. The average Bonchev–Trinajstić information content (AvgIpc) is 3.39. The zero-order valence-corrected chi connectivity index (χ0v) is 14.9. The van der Waals surface area contributed by atoms with E-state index in [0.29, 0.717) is 43.5 Å². The Balaban J connectivity index is 1.44. The summed E-state index contributed by atoms with van der Waals surface area (Å²) >= 11 is 0. The van der Waals surface area contributed by atoms with Gasteiger partial charge < -0.3 is 9.15 Å². The molecule has 8 heteroatoms. The highest BCUT2D eigenvalue weighted by Crippen LogP contribution is 2.40. The number of ether oxygens (including phenoxy) is 1. The van der Waals surface area contributed by atoms with Crippen molar-refractivity contribution in [2.24, 2.45) is 0 Å². The smallest absolute Gasteiger partial charge is 0.243 e. The summed E-state index contributed by atoms with van der Waals surface area (Å²) < 4.78 is 38.1. The second-order valence-corrected chi connectivity index (χ2v) is 8.55. The molecule has 0 unspecified atom stereocenters. The molecule has 0 atom stereocenters. The minimum absolute atomic E-state index is 0.136. The third-order valence-corrected chi connectivity index (χ3v) is 6.76. The number of benzene rings is 1. The maximum atomic E-state index is 12.8. The van der Waals surface area contributed by atoms with Crippen molar-refractivity contribution in [2.45, 2.75) is 42.4 Å². The van der Waals surface area contributed by atoms with Crippen molar-refractivity contribution in [2.75, 3.05) is 20.2 Å². The molecule has 7 nitrogen and oxygen atoms in total. The molecule has 0 spiro atoms. The molecule has 1 aromatic heterocycles. The van der Waals surface area contributed by atoms with Gasteiger partial charge in [-0.2, -0.15) is 4.31 Å². The summed E-state index contributed by atoms with van der Waals surface area (Å²) in [5, 5.41) is 8.29. The maximum Gasteiger partial charge on any atom is 0.243 e. The standard InChI is InChI=1S/C17H21N3O4S/c1-23-14-3-2-4-15(11-14)25(21,22)20-9-7-13(8-10-20)17-19-18-16(24-17)12-5-6-12/h2-4,11-13H,5-10H2,1H3. The Kier molecular flexibility index (Phi) is 4.24. The molecule has 0 bridgehead atoms. The molecule has 0 amide bonds. The SMILES string of the molecule is COc1cccc(S(=O)(=O)N2CCC(c3nnc(C4CC4)o3)CC2)c1. The van der Waals surface area contributed by atoms with Gasteiger partial charge in [0.05, 0.1) is 12.0 Å². The van der Waals surface area contributed by atoms with Crippen molar-refractivity contribution in [1.82, 2.24) is 14.5 Å². The molecular formula is C17H21N3O4S. The summed E-state index contributed by atoms with van der Waals surface area (Å²) in [7, 11) is -1.99. The van der Waals surface area contributed by atoms with Crippen LogP contribution >= 0.6 is 0 Å². The quantitative estimate of drug-likeness (QED) is 0.811. The summed E-state index contributed by atoms with van der Waals surface area (Å²) in [6.07, 6.45) is 3.63. The molecule has 1 aromatic carbocycles. The number of methoxy groups -OCH3 is 1. The van der Waals surface area contributed by atoms with E-state index in [1.54, 1.807) is 24.3 Å². The van der Waals surface area contributed by atoms with E-state index in [-0.39, 0.29) is 10.8 Å². The van der Waals surface area contributed by atoms with E-state index >= 15 is 0 Å². The molecule has 1 aliphatic heterocycles. The number of nitrogens with zero attached hydrogens (tertiary/aromatic N) is 3. The van der Waals surface area contributed by atoms with Crippen LogP contribution in [-0.2, 0) is 10.0 Å². The van der Waals surface area contributed by atoms with Crippen LogP contribution < -0.4 is 4.74 Å².